The average Bonchev–Trinajstić information content (AvgIpc) is 3.22. The van der Waals surface area contributed by atoms with Gasteiger partial charge in [-0.15, -0.1) is 46.7 Å². The van der Waals surface area contributed by atoms with Gasteiger partial charge in [-0.25, -0.2) is 4.98 Å². The van der Waals surface area contributed by atoms with Crippen LogP contribution >= 0.6 is 46.7 Å². The summed E-state index contributed by atoms with van der Waals surface area (Å²) in [7, 11) is 1.74. The van der Waals surface area contributed by atoms with Gasteiger partial charge in [0.2, 0.25) is 5.91 Å². The average molecular weight is 519 g/mol. The second kappa shape index (κ2) is 10.4. The highest BCUT2D eigenvalue weighted by atomic mass is 127. The summed E-state index contributed by atoms with van der Waals surface area (Å²) in [6.45, 7) is 6.87. The molecule has 3 heterocycles. The van der Waals surface area contributed by atoms with E-state index in [1.165, 1.54) is 15.3 Å². The molecule has 9 heteroatoms. The Bertz CT molecular complexity index is 802. The molecule has 0 atom stereocenters. The summed E-state index contributed by atoms with van der Waals surface area (Å²) in [6.07, 6.45) is 1.45. The zero-order chi connectivity index (χ0) is 18.5. The van der Waals surface area contributed by atoms with Gasteiger partial charge in [0, 0.05) is 42.9 Å². The summed E-state index contributed by atoms with van der Waals surface area (Å²) in [6, 6.07) is 2.13. The topological polar surface area (TPSA) is 69.6 Å². The van der Waals surface area contributed by atoms with Crippen LogP contribution in [0.3, 0.4) is 0 Å². The van der Waals surface area contributed by atoms with E-state index in [9.17, 15) is 4.79 Å². The highest BCUT2D eigenvalue weighted by Crippen LogP contribution is 2.24. The summed E-state index contributed by atoms with van der Waals surface area (Å²) < 4.78 is 0. The molecule has 2 aromatic rings. The molecule has 0 aliphatic carbocycles. The SMILES string of the molecule is CN=C(NCCC(=O)N1CCc2sccc2C1)NCc1sc(C)nc1C.I. The lowest BCUT2D eigenvalue weighted by atomic mass is 10.1. The van der Waals surface area contributed by atoms with Crippen LogP contribution in [0.2, 0.25) is 0 Å². The number of nitrogens with zero attached hydrogens (tertiary/aromatic N) is 3. The van der Waals surface area contributed by atoms with Crippen molar-refractivity contribution in [1.29, 1.82) is 0 Å². The van der Waals surface area contributed by atoms with E-state index >= 15 is 0 Å². The number of fused-ring (bicyclic) bond motifs is 1. The maximum atomic E-state index is 12.4. The van der Waals surface area contributed by atoms with Crippen LogP contribution in [-0.2, 0) is 24.3 Å². The maximum absolute atomic E-state index is 12.4. The van der Waals surface area contributed by atoms with E-state index in [-0.39, 0.29) is 29.9 Å². The normalized spacial score (nSPS) is 13.7. The van der Waals surface area contributed by atoms with Gasteiger partial charge in [0.15, 0.2) is 5.96 Å². The lowest BCUT2D eigenvalue weighted by Crippen LogP contribution is -2.40. The highest BCUT2D eigenvalue weighted by molar-refractivity contribution is 14.0. The van der Waals surface area contributed by atoms with E-state index in [2.05, 4.69) is 32.1 Å². The number of aliphatic imine (C=N–C) groups is 1. The van der Waals surface area contributed by atoms with Crippen molar-refractivity contribution in [2.75, 3.05) is 20.1 Å². The van der Waals surface area contributed by atoms with Crippen molar-refractivity contribution in [2.45, 2.75) is 39.8 Å². The number of nitrogens with one attached hydrogen (secondary N) is 2. The quantitative estimate of drug-likeness (QED) is 0.362. The number of halogens is 1. The molecule has 2 aromatic heterocycles. The number of hydrogen-bond acceptors (Lipinski definition) is 5. The molecule has 3 rings (SSSR count). The molecular formula is C18H26IN5OS2. The molecule has 0 bridgehead atoms. The smallest absolute Gasteiger partial charge is 0.224 e. The van der Waals surface area contributed by atoms with Crippen molar-refractivity contribution < 1.29 is 4.79 Å². The van der Waals surface area contributed by atoms with Crippen molar-refractivity contribution in [1.82, 2.24) is 20.5 Å². The van der Waals surface area contributed by atoms with Gasteiger partial charge in [-0.3, -0.25) is 9.79 Å². The van der Waals surface area contributed by atoms with Crippen LogP contribution in [0.25, 0.3) is 0 Å². The molecule has 0 radical (unpaired) electrons. The van der Waals surface area contributed by atoms with Crippen molar-refractivity contribution in [2.24, 2.45) is 4.99 Å². The minimum absolute atomic E-state index is 0. The highest BCUT2D eigenvalue weighted by Gasteiger charge is 2.21. The fourth-order valence-electron chi connectivity index (χ4n) is 3.03. The summed E-state index contributed by atoms with van der Waals surface area (Å²) in [5.41, 5.74) is 2.36. The Labute approximate surface area is 185 Å². The third-order valence-corrected chi connectivity index (χ3v) is 6.53. The third kappa shape index (κ3) is 5.89. The first-order valence-electron chi connectivity index (χ1n) is 8.77. The summed E-state index contributed by atoms with van der Waals surface area (Å²) in [4.78, 5) is 25.7. The molecule has 2 N–H and O–H groups in total. The fraction of sp³-hybridized carbons (Fsp3) is 0.500. The maximum Gasteiger partial charge on any atom is 0.224 e. The number of amides is 1. The minimum atomic E-state index is 0. The number of thiazole rings is 1. The van der Waals surface area contributed by atoms with Crippen molar-refractivity contribution in [3.8, 4) is 0 Å². The van der Waals surface area contributed by atoms with Gasteiger partial charge in [-0.05, 0) is 37.3 Å². The molecule has 148 valence electrons. The molecule has 0 aromatic carbocycles. The van der Waals surface area contributed by atoms with Gasteiger partial charge in [-0.1, -0.05) is 0 Å². The molecule has 0 unspecified atom stereocenters. The van der Waals surface area contributed by atoms with E-state index in [4.69, 9.17) is 0 Å². The number of guanidine groups is 1. The van der Waals surface area contributed by atoms with Crippen molar-refractivity contribution >= 4 is 58.5 Å². The fourth-order valence-corrected chi connectivity index (χ4v) is 4.80. The Hall–Kier alpha value is -1.20. The van der Waals surface area contributed by atoms with E-state index in [0.29, 0.717) is 25.5 Å². The van der Waals surface area contributed by atoms with Crippen LogP contribution in [0.4, 0.5) is 0 Å². The van der Waals surface area contributed by atoms with Crippen LogP contribution in [0, 0.1) is 13.8 Å². The molecule has 6 nitrogen and oxygen atoms in total. The molecule has 1 amide bonds. The molecule has 0 fully saturated rings. The van der Waals surface area contributed by atoms with Crippen LogP contribution in [0.1, 0.15) is 32.4 Å². The Balaban J connectivity index is 0.00000261. The van der Waals surface area contributed by atoms with Crippen LogP contribution in [-0.4, -0.2) is 41.9 Å². The van der Waals surface area contributed by atoms with Gasteiger partial charge in [0.25, 0.3) is 0 Å². The number of aromatic nitrogens is 1. The number of thiophene rings is 1. The number of rotatable bonds is 5. The standard InChI is InChI=1S/C18H25N5OS2.HI/c1-12-16(26-13(2)22-12)10-21-18(19-3)20-7-4-17(24)23-8-5-15-14(11-23)6-9-25-15;/h6,9H,4-5,7-8,10-11H2,1-3H3,(H2,19,20,21);1H. The minimum Gasteiger partial charge on any atom is -0.356 e. The number of aryl methyl sites for hydroxylation is 2. The van der Waals surface area contributed by atoms with Gasteiger partial charge < -0.3 is 15.5 Å². The van der Waals surface area contributed by atoms with Crippen molar-refractivity contribution in [3.05, 3.63) is 37.5 Å². The second-order valence-electron chi connectivity index (χ2n) is 6.28. The van der Waals surface area contributed by atoms with E-state index < -0.39 is 0 Å². The largest absolute Gasteiger partial charge is 0.356 e. The molecule has 1 aliphatic heterocycles. The molecule has 1 aliphatic rings. The Kier molecular flexibility index (Phi) is 8.49. The van der Waals surface area contributed by atoms with Crippen LogP contribution < -0.4 is 10.6 Å². The van der Waals surface area contributed by atoms with Crippen LogP contribution in [0.5, 0.6) is 0 Å². The predicted octanol–water partition coefficient (Wildman–Crippen LogP) is 3.08. The van der Waals surface area contributed by atoms with Gasteiger partial charge >= 0.3 is 0 Å². The zero-order valence-electron chi connectivity index (χ0n) is 15.9. The second-order valence-corrected chi connectivity index (χ2v) is 8.57. The van der Waals surface area contributed by atoms with Gasteiger partial charge in [-0.2, -0.15) is 0 Å². The molecule has 27 heavy (non-hydrogen) atoms. The molecule has 0 saturated carbocycles. The van der Waals surface area contributed by atoms with Gasteiger partial charge in [0.05, 0.1) is 17.2 Å². The summed E-state index contributed by atoms with van der Waals surface area (Å²) in [5, 5.41) is 9.70. The van der Waals surface area contributed by atoms with Crippen LogP contribution in [0.15, 0.2) is 16.4 Å². The van der Waals surface area contributed by atoms with Crippen molar-refractivity contribution in [3.63, 3.8) is 0 Å². The molecule has 0 spiro atoms. The van der Waals surface area contributed by atoms with E-state index in [1.54, 1.807) is 29.7 Å². The number of carbonyl (C=O) groups excluding carboxylic acids is 1. The first-order chi connectivity index (χ1) is 12.6. The van der Waals surface area contributed by atoms with E-state index in [1.807, 2.05) is 18.7 Å². The van der Waals surface area contributed by atoms with Gasteiger partial charge in [0.1, 0.15) is 0 Å². The lowest BCUT2D eigenvalue weighted by molar-refractivity contribution is -0.131. The predicted molar refractivity (Wildman–Crippen MR) is 123 cm³/mol. The Morgan fingerprint density at radius 1 is 1.37 bits per heavy atom. The number of hydrogen-bond donors (Lipinski definition) is 2. The molecule has 0 saturated heterocycles. The first kappa shape index (κ1) is 22.1. The monoisotopic (exact) mass is 519 g/mol. The summed E-state index contributed by atoms with van der Waals surface area (Å²) >= 11 is 3.49. The summed E-state index contributed by atoms with van der Waals surface area (Å²) in [5.74, 6) is 0.903. The number of carbonyl (C=O) groups is 1. The Morgan fingerprint density at radius 2 is 2.19 bits per heavy atom. The zero-order valence-corrected chi connectivity index (χ0v) is 19.8. The van der Waals surface area contributed by atoms with E-state index in [0.717, 1.165) is 30.2 Å². The Morgan fingerprint density at radius 3 is 2.89 bits per heavy atom. The molecular weight excluding hydrogens is 493 g/mol. The lowest BCUT2D eigenvalue weighted by Gasteiger charge is -2.27. The third-order valence-electron chi connectivity index (χ3n) is 4.43. The first-order valence-corrected chi connectivity index (χ1v) is 10.5.